The molecule has 0 N–H and O–H groups in total. The van der Waals surface area contributed by atoms with Crippen LogP contribution >= 0.6 is 0 Å². The molecule has 30 heavy (non-hydrogen) atoms. The molecular weight excluding hydrogens is 384 g/mol. The number of carbonyl (C=O) groups is 1. The van der Waals surface area contributed by atoms with Crippen LogP contribution < -0.4 is 0 Å². The van der Waals surface area contributed by atoms with Gasteiger partial charge in [-0.3, -0.25) is 10.1 Å². The number of non-ortho nitro benzene ring substituents is 1. The van der Waals surface area contributed by atoms with E-state index in [9.17, 15) is 14.9 Å². The van der Waals surface area contributed by atoms with Crippen LogP contribution in [0, 0.1) is 10.1 Å². The van der Waals surface area contributed by atoms with Gasteiger partial charge in [0.1, 0.15) is 6.61 Å². The van der Waals surface area contributed by atoms with Gasteiger partial charge in [0.2, 0.25) is 0 Å². The second kappa shape index (κ2) is 8.36. The highest BCUT2D eigenvalue weighted by atomic mass is 16.6. The van der Waals surface area contributed by atoms with Gasteiger partial charge in [0.15, 0.2) is 5.82 Å². The number of esters is 1. The second-order valence-electron chi connectivity index (χ2n) is 6.37. The van der Waals surface area contributed by atoms with Crippen molar-refractivity contribution in [2.75, 3.05) is 0 Å². The molecule has 8 nitrogen and oxygen atoms in total. The van der Waals surface area contributed by atoms with E-state index in [-0.39, 0.29) is 18.1 Å². The van der Waals surface area contributed by atoms with Gasteiger partial charge in [0, 0.05) is 17.7 Å². The molecule has 0 fully saturated rings. The zero-order chi connectivity index (χ0) is 20.9. The Hall–Kier alpha value is -4.33. The average Bonchev–Trinajstić information content (AvgIpc) is 3.24. The van der Waals surface area contributed by atoms with Crippen molar-refractivity contribution in [3.05, 3.63) is 106 Å². The lowest BCUT2D eigenvalue weighted by Crippen LogP contribution is -2.08. The Labute approximate surface area is 171 Å². The predicted molar refractivity (Wildman–Crippen MR) is 109 cm³/mol. The lowest BCUT2D eigenvalue weighted by atomic mass is 10.2. The predicted octanol–water partition coefficient (Wildman–Crippen LogP) is 4.20. The molecule has 0 saturated carbocycles. The number of ether oxygens (including phenoxy) is 1. The van der Waals surface area contributed by atoms with E-state index in [4.69, 9.17) is 4.74 Å². The van der Waals surface area contributed by atoms with E-state index in [0.29, 0.717) is 11.4 Å². The molecule has 4 rings (SSSR count). The Morgan fingerprint density at radius 1 is 0.933 bits per heavy atom. The van der Waals surface area contributed by atoms with Crippen LogP contribution in [0.25, 0.3) is 17.1 Å². The summed E-state index contributed by atoms with van der Waals surface area (Å²) < 4.78 is 6.90. The van der Waals surface area contributed by atoms with Crippen LogP contribution in [0.2, 0.25) is 0 Å². The lowest BCUT2D eigenvalue weighted by Gasteiger charge is -2.05. The lowest BCUT2D eigenvalue weighted by molar-refractivity contribution is -0.384. The van der Waals surface area contributed by atoms with Crippen LogP contribution in [0.5, 0.6) is 0 Å². The fourth-order valence-corrected chi connectivity index (χ4v) is 2.85. The first kappa shape index (κ1) is 19.0. The first-order valence-electron chi connectivity index (χ1n) is 9.10. The highest BCUT2D eigenvalue weighted by Gasteiger charge is 2.20. The van der Waals surface area contributed by atoms with Gasteiger partial charge in [-0.2, -0.15) is 0 Å². The van der Waals surface area contributed by atoms with Crippen molar-refractivity contribution in [2.24, 2.45) is 0 Å². The molecule has 0 amide bonds. The first-order chi connectivity index (χ1) is 14.6. The van der Waals surface area contributed by atoms with Gasteiger partial charge in [-0.25, -0.2) is 14.5 Å². The summed E-state index contributed by atoms with van der Waals surface area (Å²) in [6.07, 6.45) is 0. The van der Waals surface area contributed by atoms with Crippen LogP contribution in [0.4, 0.5) is 5.69 Å². The molecule has 8 heteroatoms. The summed E-state index contributed by atoms with van der Waals surface area (Å²) in [5.41, 5.74) is 2.17. The number of hydrogen-bond donors (Lipinski definition) is 0. The van der Waals surface area contributed by atoms with Crippen molar-refractivity contribution < 1.29 is 14.5 Å². The Morgan fingerprint density at radius 3 is 2.20 bits per heavy atom. The van der Waals surface area contributed by atoms with Gasteiger partial charge in [-0.05, 0) is 29.8 Å². The summed E-state index contributed by atoms with van der Waals surface area (Å²) >= 11 is 0. The molecule has 3 aromatic carbocycles. The maximum absolute atomic E-state index is 12.6. The van der Waals surface area contributed by atoms with Gasteiger partial charge in [-0.1, -0.05) is 48.5 Å². The summed E-state index contributed by atoms with van der Waals surface area (Å²) in [6.45, 7) is -0.0443. The van der Waals surface area contributed by atoms with Gasteiger partial charge in [0.25, 0.3) is 11.5 Å². The largest absolute Gasteiger partial charge is 0.455 e. The number of carbonyl (C=O) groups excluding carboxylic acids is 1. The van der Waals surface area contributed by atoms with E-state index in [1.54, 1.807) is 4.68 Å². The smallest absolute Gasteiger partial charge is 0.378 e. The normalized spacial score (nSPS) is 10.5. The van der Waals surface area contributed by atoms with Gasteiger partial charge in [-0.15, -0.1) is 5.10 Å². The van der Waals surface area contributed by atoms with Crippen LogP contribution in [-0.4, -0.2) is 25.7 Å². The minimum absolute atomic E-state index is 0.0270. The van der Waals surface area contributed by atoms with Gasteiger partial charge >= 0.3 is 5.97 Å². The van der Waals surface area contributed by atoms with Crippen LogP contribution in [-0.2, 0) is 11.3 Å². The summed E-state index contributed by atoms with van der Waals surface area (Å²) in [5.74, 6) is -0.232. The van der Waals surface area contributed by atoms with E-state index >= 15 is 0 Å². The maximum atomic E-state index is 12.6. The Bertz CT molecular complexity index is 1120. The van der Waals surface area contributed by atoms with Crippen LogP contribution in [0.15, 0.2) is 84.9 Å². The number of nitro benzene ring substituents is 1. The van der Waals surface area contributed by atoms with E-state index < -0.39 is 10.9 Å². The quantitative estimate of drug-likeness (QED) is 0.273. The first-order valence-corrected chi connectivity index (χ1v) is 9.10. The molecule has 0 saturated heterocycles. The van der Waals surface area contributed by atoms with E-state index in [1.807, 2.05) is 60.7 Å². The number of para-hydroxylation sites is 1. The molecule has 1 aromatic heterocycles. The van der Waals surface area contributed by atoms with Crippen molar-refractivity contribution in [3.63, 3.8) is 0 Å². The van der Waals surface area contributed by atoms with Crippen molar-refractivity contribution in [1.82, 2.24) is 14.8 Å². The number of nitrogens with zero attached hydrogens (tertiary/aromatic N) is 4. The van der Waals surface area contributed by atoms with Crippen LogP contribution in [0.1, 0.15) is 16.2 Å². The molecule has 0 spiro atoms. The molecule has 0 aliphatic rings. The number of rotatable bonds is 6. The maximum Gasteiger partial charge on any atom is 0.378 e. The fraction of sp³-hybridized carbons (Fsp3) is 0.0455. The third-order valence-corrected chi connectivity index (χ3v) is 4.34. The molecule has 0 atom stereocenters. The monoisotopic (exact) mass is 400 g/mol. The number of nitro groups is 1. The van der Waals surface area contributed by atoms with Crippen molar-refractivity contribution in [1.29, 1.82) is 0 Å². The van der Waals surface area contributed by atoms with Gasteiger partial charge in [0.05, 0.1) is 10.6 Å². The second-order valence-corrected chi connectivity index (χ2v) is 6.37. The molecule has 4 aromatic rings. The molecule has 1 heterocycles. The Balaban J connectivity index is 1.58. The number of hydrogen-bond acceptors (Lipinski definition) is 6. The zero-order valence-electron chi connectivity index (χ0n) is 15.7. The molecule has 0 aliphatic carbocycles. The molecular formula is C22H16N4O4. The summed E-state index contributed by atoms with van der Waals surface area (Å²) in [6, 6.07) is 24.6. The Morgan fingerprint density at radius 2 is 1.57 bits per heavy atom. The standard InChI is InChI=1S/C22H16N4O4/c27-22(30-15-16-11-13-19(14-12-16)26(28)29)20-23-21(17-7-3-1-4-8-17)25(24-20)18-9-5-2-6-10-18/h1-14H,15H2. The Kier molecular flexibility index (Phi) is 5.29. The van der Waals surface area contributed by atoms with Crippen molar-refractivity contribution in [2.45, 2.75) is 6.61 Å². The van der Waals surface area contributed by atoms with Crippen LogP contribution in [0.3, 0.4) is 0 Å². The third kappa shape index (κ3) is 4.07. The third-order valence-electron chi connectivity index (χ3n) is 4.34. The topological polar surface area (TPSA) is 100 Å². The molecule has 0 unspecified atom stereocenters. The molecule has 148 valence electrons. The summed E-state index contributed by atoms with van der Waals surface area (Å²) in [5, 5.41) is 15.1. The minimum Gasteiger partial charge on any atom is -0.455 e. The van der Waals surface area contributed by atoms with Crippen molar-refractivity contribution >= 4 is 11.7 Å². The fourth-order valence-electron chi connectivity index (χ4n) is 2.85. The zero-order valence-corrected chi connectivity index (χ0v) is 15.7. The highest BCUT2D eigenvalue weighted by Crippen LogP contribution is 2.21. The highest BCUT2D eigenvalue weighted by molar-refractivity contribution is 5.86. The van der Waals surface area contributed by atoms with E-state index in [2.05, 4.69) is 10.1 Å². The SMILES string of the molecule is O=C(OCc1ccc([N+](=O)[O-])cc1)c1nc(-c2ccccc2)n(-c2ccccc2)n1. The summed E-state index contributed by atoms with van der Waals surface area (Å²) in [7, 11) is 0. The molecule has 0 bridgehead atoms. The summed E-state index contributed by atoms with van der Waals surface area (Å²) in [4.78, 5) is 27.2. The van der Waals surface area contributed by atoms with Gasteiger partial charge < -0.3 is 4.74 Å². The van der Waals surface area contributed by atoms with E-state index in [0.717, 1.165) is 11.3 Å². The molecule has 0 aliphatic heterocycles. The van der Waals surface area contributed by atoms with Crippen molar-refractivity contribution in [3.8, 4) is 17.1 Å². The number of aromatic nitrogens is 3. The minimum atomic E-state index is -0.680. The number of benzene rings is 3. The average molecular weight is 400 g/mol. The molecule has 0 radical (unpaired) electrons. The van der Waals surface area contributed by atoms with E-state index in [1.165, 1.54) is 24.3 Å².